The first-order chi connectivity index (χ1) is 12.8. The summed E-state index contributed by atoms with van der Waals surface area (Å²) in [5.74, 6) is -1.51. The van der Waals surface area contributed by atoms with Gasteiger partial charge in [0.15, 0.2) is 5.56 Å². The molecule has 2 N–H and O–H groups in total. The summed E-state index contributed by atoms with van der Waals surface area (Å²) in [6, 6.07) is 10.7. The van der Waals surface area contributed by atoms with Crippen molar-refractivity contribution < 1.29 is 28.2 Å². The molecular weight excluding hydrogens is 379 g/mol. The van der Waals surface area contributed by atoms with E-state index in [0.717, 1.165) is 0 Å². The first-order valence-electron chi connectivity index (χ1n) is 7.80. The number of carbonyl (C=O) groups excluding carboxylic acids is 3. The van der Waals surface area contributed by atoms with E-state index in [1.54, 1.807) is 0 Å². The lowest BCUT2D eigenvalue weighted by atomic mass is 10.0. The van der Waals surface area contributed by atoms with Gasteiger partial charge in [0.1, 0.15) is 17.3 Å². The molecular formula is C18H14ClFN2O5. The van der Waals surface area contributed by atoms with Gasteiger partial charge in [-0.25, -0.2) is 9.18 Å². The lowest BCUT2D eigenvalue weighted by molar-refractivity contribution is -0.149. The van der Waals surface area contributed by atoms with E-state index in [1.807, 2.05) is 10.6 Å². The van der Waals surface area contributed by atoms with Gasteiger partial charge < -0.3 is 9.47 Å². The van der Waals surface area contributed by atoms with Crippen molar-refractivity contribution in [1.29, 1.82) is 0 Å². The third kappa shape index (κ3) is 4.01. The molecule has 4 amide bonds. The zero-order valence-electron chi connectivity index (χ0n) is 14.0. The fraction of sp³-hybridized carbons (Fsp3) is 0.167. The van der Waals surface area contributed by atoms with Gasteiger partial charge in [-0.2, -0.15) is 0 Å². The molecule has 3 rings (SSSR count). The summed E-state index contributed by atoms with van der Waals surface area (Å²) in [6.07, 6.45) is 0. The van der Waals surface area contributed by atoms with Crippen LogP contribution in [0.25, 0.3) is 0 Å². The SMILES string of the molecule is CC1(Oc2ccc(OC(Cl)c3ccc(F)cc3)cc2)C(=O)NC(=O)NC1=O. The topological polar surface area (TPSA) is 93.7 Å². The van der Waals surface area contributed by atoms with Crippen molar-refractivity contribution in [2.45, 2.75) is 18.1 Å². The Labute approximate surface area is 158 Å². The van der Waals surface area contributed by atoms with Crippen molar-refractivity contribution in [2.24, 2.45) is 0 Å². The highest BCUT2D eigenvalue weighted by Gasteiger charge is 2.48. The molecule has 0 aromatic heterocycles. The lowest BCUT2D eigenvalue weighted by Crippen LogP contribution is -2.67. The second-order valence-electron chi connectivity index (χ2n) is 5.83. The highest BCUT2D eigenvalue weighted by molar-refractivity contribution is 6.21. The summed E-state index contributed by atoms with van der Waals surface area (Å²) in [6.45, 7) is 1.25. The number of rotatable bonds is 5. The molecule has 1 atom stereocenters. The molecule has 1 heterocycles. The van der Waals surface area contributed by atoms with E-state index in [1.165, 1.54) is 55.5 Å². The molecule has 2 aromatic carbocycles. The van der Waals surface area contributed by atoms with Crippen LogP contribution in [0, 0.1) is 5.82 Å². The monoisotopic (exact) mass is 392 g/mol. The van der Waals surface area contributed by atoms with Crippen LogP contribution >= 0.6 is 11.6 Å². The largest absolute Gasteiger partial charge is 0.470 e. The number of nitrogens with one attached hydrogen (secondary N) is 2. The van der Waals surface area contributed by atoms with Crippen LogP contribution < -0.4 is 20.1 Å². The molecule has 7 nitrogen and oxygen atoms in total. The molecule has 1 fully saturated rings. The number of imide groups is 2. The van der Waals surface area contributed by atoms with Crippen molar-refractivity contribution in [3.8, 4) is 11.5 Å². The van der Waals surface area contributed by atoms with E-state index in [2.05, 4.69) is 0 Å². The van der Waals surface area contributed by atoms with E-state index >= 15 is 0 Å². The number of barbiturate groups is 1. The Bertz CT molecular complexity index is 866. The Morgan fingerprint density at radius 2 is 1.44 bits per heavy atom. The molecule has 2 aromatic rings. The van der Waals surface area contributed by atoms with Crippen LogP contribution in [0.3, 0.4) is 0 Å². The van der Waals surface area contributed by atoms with Crippen LogP contribution in [0.2, 0.25) is 0 Å². The van der Waals surface area contributed by atoms with Crippen LogP contribution in [0.15, 0.2) is 48.5 Å². The third-order valence-corrected chi connectivity index (χ3v) is 4.18. The van der Waals surface area contributed by atoms with Crippen molar-refractivity contribution in [2.75, 3.05) is 0 Å². The molecule has 1 unspecified atom stereocenters. The van der Waals surface area contributed by atoms with Gasteiger partial charge in [0.25, 0.3) is 17.4 Å². The Morgan fingerprint density at radius 1 is 0.926 bits per heavy atom. The molecule has 1 aliphatic rings. The van der Waals surface area contributed by atoms with Gasteiger partial charge >= 0.3 is 6.03 Å². The van der Waals surface area contributed by atoms with Crippen LogP contribution in [0.1, 0.15) is 18.1 Å². The maximum absolute atomic E-state index is 12.9. The molecule has 27 heavy (non-hydrogen) atoms. The average molecular weight is 393 g/mol. The van der Waals surface area contributed by atoms with Crippen LogP contribution in [-0.2, 0) is 9.59 Å². The number of urea groups is 1. The number of halogens is 2. The predicted molar refractivity (Wildman–Crippen MR) is 92.8 cm³/mol. The summed E-state index contributed by atoms with van der Waals surface area (Å²) in [5, 5.41) is 3.95. The number of alkyl halides is 1. The van der Waals surface area contributed by atoms with E-state index in [4.69, 9.17) is 21.1 Å². The van der Waals surface area contributed by atoms with Crippen molar-refractivity contribution in [1.82, 2.24) is 10.6 Å². The molecule has 0 bridgehead atoms. The second kappa shape index (κ2) is 7.24. The maximum atomic E-state index is 12.9. The number of amides is 4. The Hall–Kier alpha value is -3.13. The first-order valence-corrected chi connectivity index (χ1v) is 8.24. The molecule has 140 valence electrons. The minimum absolute atomic E-state index is 0.206. The lowest BCUT2D eigenvalue weighted by Gasteiger charge is -2.30. The molecule has 9 heteroatoms. The molecule has 1 aliphatic heterocycles. The molecule has 0 saturated carbocycles. The number of ether oxygens (including phenoxy) is 2. The minimum atomic E-state index is -1.89. The number of carbonyl (C=O) groups is 3. The van der Waals surface area contributed by atoms with E-state index in [9.17, 15) is 18.8 Å². The Balaban J connectivity index is 1.68. The number of benzene rings is 2. The first kappa shape index (κ1) is 18.7. The summed E-state index contributed by atoms with van der Waals surface area (Å²) in [4.78, 5) is 35.0. The van der Waals surface area contributed by atoms with Gasteiger partial charge in [-0.15, -0.1) is 0 Å². The standard InChI is InChI=1S/C18H14ClFN2O5/c1-18(15(23)21-17(25)22-16(18)24)27-13-8-6-12(7-9-13)26-14(19)10-2-4-11(20)5-3-10/h2-9,14H,1H3,(H2,21,22,23,24,25). The summed E-state index contributed by atoms with van der Waals surface area (Å²) in [5.41, 5.74) is -2.15. The fourth-order valence-corrected chi connectivity index (χ4v) is 2.54. The smallest absolute Gasteiger partial charge is 0.328 e. The summed E-state index contributed by atoms with van der Waals surface area (Å²) < 4.78 is 24.0. The average Bonchev–Trinajstić information content (AvgIpc) is 2.62. The van der Waals surface area contributed by atoms with Gasteiger partial charge in [-0.1, -0.05) is 23.7 Å². The van der Waals surface area contributed by atoms with Crippen molar-refractivity contribution in [3.05, 3.63) is 59.9 Å². The van der Waals surface area contributed by atoms with Gasteiger partial charge in [-0.05, 0) is 43.3 Å². The zero-order chi connectivity index (χ0) is 19.6. The number of hydrogen-bond donors (Lipinski definition) is 2. The Kier molecular flexibility index (Phi) is 5.00. The Morgan fingerprint density at radius 3 is 2.00 bits per heavy atom. The highest BCUT2D eigenvalue weighted by atomic mass is 35.5. The molecule has 0 aliphatic carbocycles. The van der Waals surface area contributed by atoms with Crippen LogP contribution in [0.4, 0.5) is 9.18 Å². The van der Waals surface area contributed by atoms with Gasteiger partial charge in [0, 0.05) is 5.56 Å². The highest BCUT2D eigenvalue weighted by Crippen LogP contribution is 2.28. The minimum Gasteiger partial charge on any atom is -0.470 e. The van der Waals surface area contributed by atoms with Crippen LogP contribution in [0.5, 0.6) is 11.5 Å². The summed E-state index contributed by atoms with van der Waals surface area (Å²) in [7, 11) is 0. The number of hydrogen-bond acceptors (Lipinski definition) is 5. The van der Waals surface area contributed by atoms with Gasteiger partial charge in [0.05, 0.1) is 0 Å². The zero-order valence-corrected chi connectivity index (χ0v) is 14.7. The third-order valence-electron chi connectivity index (χ3n) is 3.84. The van der Waals surface area contributed by atoms with E-state index < -0.39 is 29.0 Å². The van der Waals surface area contributed by atoms with E-state index in [-0.39, 0.29) is 11.6 Å². The second-order valence-corrected chi connectivity index (χ2v) is 6.23. The van der Waals surface area contributed by atoms with Gasteiger partial charge in [-0.3, -0.25) is 20.2 Å². The maximum Gasteiger partial charge on any atom is 0.328 e. The van der Waals surface area contributed by atoms with Gasteiger partial charge in [0.2, 0.25) is 0 Å². The molecule has 0 spiro atoms. The quantitative estimate of drug-likeness (QED) is 0.602. The predicted octanol–water partition coefficient (Wildman–Crippen LogP) is 2.65. The van der Waals surface area contributed by atoms with Crippen molar-refractivity contribution >= 4 is 29.4 Å². The summed E-state index contributed by atoms with van der Waals surface area (Å²) >= 11 is 6.15. The van der Waals surface area contributed by atoms with E-state index in [0.29, 0.717) is 11.3 Å². The van der Waals surface area contributed by atoms with Crippen molar-refractivity contribution in [3.63, 3.8) is 0 Å². The fourth-order valence-electron chi connectivity index (χ4n) is 2.30. The van der Waals surface area contributed by atoms with Crippen LogP contribution in [-0.4, -0.2) is 23.4 Å². The molecule has 0 radical (unpaired) electrons. The molecule has 1 saturated heterocycles. The normalized spacial score (nSPS) is 16.9.